The Balaban J connectivity index is 0.00000392. The van der Waals surface area contributed by atoms with E-state index in [1.165, 1.54) is 0 Å². The molecule has 7 heteroatoms. The van der Waals surface area contributed by atoms with Crippen molar-refractivity contribution >= 4 is 35.1 Å². The lowest BCUT2D eigenvalue weighted by Crippen LogP contribution is -2.49. The van der Waals surface area contributed by atoms with E-state index >= 15 is 0 Å². The van der Waals surface area contributed by atoms with Crippen LogP contribution in [0, 0.1) is 0 Å². The van der Waals surface area contributed by atoms with Gasteiger partial charge in [-0.05, 0) is 47.9 Å². The van der Waals surface area contributed by atoms with Crippen molar-refractivity contribution in [1.82, 2.24) is 10.2 Å². The zero-order chi connectivity index (χ0) is 20.0. The van der Waals surface area contributed by atoms with Crippen molar-refractivity contribution in [3.05, 3.63) is 42.0 Å². The van der Waals surface area contributed by atoms with Crippen LogP contribution in [-0.4, -0.2) is 48.1 Å². The van der Waals surface area contributed by atoms with Crippen molar-refractivity contribution < 1.29 is 19.4 Å². The molecule has 2 rings (SSSR count). The molecule has 2 aromatic carbocycles. The van der Waals surface area contributed by atoms with Crippen LogP contribution in [-0.2, 0) is 16.1 Å². The number of carbonyl (C=O) groups excluding carboxylic acids is 1. The van der Waals surface area contributed by atoms with Gasteiger partial charge in [-0.1, -0.05) is 31.5 Å². The number of carboxylic acid groups (broad SMARTS) is 1. The number of carbonyl (C=O) groups is 2. The molecule has 0 saturated heterocycles. The average Bonchev–Trinajstić information content (AvgIpc) is 2.66. The lowest BCUT2D eigenvalue weighted by molar-refractivity contribution is -0.140. The Bertz CT molecular complexity index is 812. The predicted octanol–water partition coefficient (Wildman–Crippen LogP) is 3.46. The zero-order valence-corrected chi connectivity index (χ0v) is 17.6. The number of benzene rings is 2. The Morgan fingerprint density at radius 2 is 1.82 bits per heavy atom. The van der Waals surface area contributed by atoms with Crippen LogP contribution in [0.15, 0.2) is 36.4 Å². The fraction of sp³-hybridized carbons (Fsp3) is 0.429. The average molecular weight is 409 g/mol. The molecule has 0 aliphatic rings. The van der Waals surface area contributed by atoms with Crippen LogP contribution in [0.2, 0.25) is 0 Å². The van der Waals surface area contributed by atoms with Crippen molar-refractivity contribution in [2.45, 2.75) is 45.3 Å². The molecule has 0 radical (unpaired) electrons. The third-order valence-electron chi connectivity index (χ3n) is 4.60. The molecule has 6 nitrogen and oxygen atoms in total. The highest BCUT2D eigenvalue weighted by atomic mass is 35.5. The summed E-state index contributed by atoms with van der Waals surface area (Å²) in [4.78, 5) is 25.5. The van der Waals surface area contributed by atoms with E-state index in [9.17, 15) is 14.7 Å². The summed E-state index contributed by atoms with van der Waals surface area (Å²) >= 11 is 0. The normalized spacial score (nSPS) is 12.7. The van der Waals surface area contributed by atoms with Crippen molar-refractivity contribution in [2.24, 2.45) is 0 Å². The molecule has 154 valence electrons. The molecule has 0 fully saturated rings. The first kappa shape index (κ1) is 23.7. The second-order valence-corrected chi connectivity index (χ2v) is 6.81. The minimum Gasteiger partial charge on any atom is -0.497 e. The zero-order valence-electron chi connectivity index (χ0n) is 16.8. The summed E-state index contributed by atoms with van der Waals surface area (Å²) in [6.45, 7) is 4.08. The number of hydrogen-bond donors (Lipinski definition) is 2. The monoisotopic (exact) mass is 408 g/mol. The highest BCUT2D eigenvalue weighted by Gasteiger charge is 2.24. The molecule has 0 aliphatic carbocycles. The lowest BCUT2D eigenvalue weighted by Gasteiger charge is -2.25. The number of ether oxygens (including phenoxy) is 1. The van der Waals surface area contributed by atoms with E-state index in [4.69, 9.17) is 4.74 Å². The molecular formula is C21H29ClN2O4. The minimum atomic E-state index is -0.927. The van der Waals surface area contributed by atoms with Crippen LogP contribution >= 0.6 is 12.4 Å². The van der Waals surface area contributed by atoms with E-state index in [0.717, 1.165) is 28.5 Å². The summed E-state index contributed by atoms with van der Waals surface area (Å²) in [5.41, 5.74) is 1.01. The van der Waals surface area contributed by atoms with Gasteiger partial charge in [-0.2, -0.15) is 0 Å². The minimum absolute atomic E-state index is 0. The summed E-state index contributed by atoms with van der Waals surface area (Å²) in [5, 5.41) is 14.3. The molecule has 0 spiro atoms. The van der Waals surface area contributed by atoms with E-state index in [0.29, 0.717) is 13.0 Å². The van der Waals surface area contributed by atoms with Gasteiger partial charge in [0.05, 0.1) is 13.2 Å². The van der Waals surface area contributed by atoms with Gasteiger partial charge in [0.2, 0.25) is 5.91 Å². The van der Waals surface area contributed by atoms with Gasteiger partial charge >= 0.3 is 5.97 Å². The first-order valence-electron chi connectivity index (χ1n) is 9.16. The van der Waals surface area contributed by atoms with Gasteiger partial charge < -0.3 is 14.7 Å². The first-order valence-corrected chi connectivity index (χ1v) is 9.16. The smallest absolute Gasteiger partial charge is 0.320 e. The number of fused-ring (bicyclic) bond motifs is 1. The van der Waals surface area contributed by atoms with Gasteiger partial charge in [-0.25, -0.2) is 0 Å². The quantitative estimate of drug-likeness (QED) is 0.664. The number of rotatable bonds is 9. The molecule has 2 unspecified atom stereocenters. The topological polar surface area (TPSA) is 78.9 Å². The summed E-state index contributed by atoms with van der Waals surface area (Å²) in [7, 11) is 3.37. The molecule has 0 bridgehead atoms. The van der Waals surface area contributed by atoms with Gasteiger partial charge in [-0.15, -0.1) is 12.4 Å². The highest BCUT2D eigenvalue weighted by Crippen LogP contribution is 2.22. The number of carboxylic acids is 1. The van der Waals surface area contributed by atoms with Crippen molar-refractivity contribution in [1.29, 1.82) is 0 Å². The molecule has 1 amide bonds. The van der Waals surface area contributed by atoms with Gasteiger partial charge in [-0.3, -0.25) is 14.9 Å². The van der Waals surface area contributed by atoms with E-state index < -0.39 is 18.1 Å². The molecule has 0 saturated carbocycles. The number of hydrogen-bond acceptors (Lipinski definition) is 4. The van der Waals surface area contributed by atoms with Crippen LogP contribution in [0.4, 0.5) is 0 Å². The maximum atomic E-state index is 12.6. The second kappa shape index (κ2) is 10.9. The van der Waals surface area contributed by atoms with Crippen LogP contribution < -0.4 is 10.1 Å². The summed E-state index contributed by atoms with van der Waals surface area (Å²) in [5.74, 6) is -0.251. The molecule has 2 aromatic rings. The third kappa shape index (κ3) is 6.11. The third-order valence-corrected chi connectivity index (χ3v) is 4.60. The van der Waals surface area contributed by atoms with E-state index in [1.807, 2.05) is 43.3 Å². The van der Waals surface area contributed by atoms with Gasteiger partial charge in [0.25, 0.3) is 0 Å². The Morgan fingerprint density at radius 1 is 1.18 bits per heavy atom. The maximum Gasteiger partial charge on any atom is 0.320 e. The number of aliphatic carboxylic acids is 1. The van der Waals surface area contributed by atoms with E-state index in [2.05, 4.69) is 5.32 Å². The molecular weight excluding hydrogens is 380 g/mol. The molecule has 2 atom stereocenters. The summed E-state index contributed by atoms with van der Waals surface area (Å²) in [6, 6.07) is 10.6. The van der Waals surface area contributed by atoms with Crippen molar-refractivity contribution in [2.75, 3.05) is 14.2 Å². The van der Waals surface area contributed by atoms with Gasteiger partial charge in [0, 0.05) is 13.6 Å². The van der Waals surface area contributed by atoms with E-state index in [1.54, 1.807) is 26.0 Å². The number of likely N-dealkylation sites (N-methyl/N-ethyl adjacent to an activating group) is 1. The van der Waals surface area contributed by atoms with Crippen LogP contribution in [0.1, 0.15) is 32.3 Å². The van der Waals surface area contributed by atoms with Gasteiger partial charge in [0.15, 0.2) is 0 Å². The van der Waals surface area contributed by atoms with Gasteiger partial charge in [0.1, 0.15) is 11.8 Å². The van der Waals surface area contributed by atoms with Crippen LogP contribution in [0.3, 0.4) is 0 Å². The largest absolute Gasteiger partial charge is 0.497 e. The molecule has 0 heterocycles. The van der Waals surface area contributed by atoms with Crippen LogP contribution in [0.5, 0.6) is 5.75 Å². The number of amides is 1. The fourth-order valence-electron chi connectivity index (χ4n) is 3.12. The fourth-order valence-corrected chi connectivity index (χ4v) is 3.12. The lowest BCUT2D eigenvalue weighted by atomic mass is 10.1. The molecule has 0 aromatic heterocycles. The Labute approximate surface area is 172 Å². The number of halogens is 1. The Morgan fingerprint density at radius 3 is 2.43 bits per heavy atom. The molecule has 2 N–H and O–H groups in total. The predicted molar refractivity (Wildman–Crippen MR) is 113 cm³/mol. The number of nitrogens with zero attached hydrogens (tertiary/aromatic N) is 1. The second-order valence-electron chi connectivity index (χ2n) is 6.81. The molecule has 28 heavy (non-hydrogen) atoms. The maximum absolute atomic E-state index is 12.6. The van der Waals surface area contributed by atoms with Crippen LogP contribution in [0.25, 0.3) is 10.8 Å². The summed E-state index contributed by atoms with van der Waals surface area (Å²) in [6.07, 6.45) is 1.23. The van der Waals surface area contributed by atoms with Crippen molar-refractivity contribution in [3.63, 3.8) is 0 Å². The number of nitrogens with one attached hydrogen (secondary N) is 1. The first-order chi connectivity index (χ1) is 12.8. The number of methoxy groups -OCH3 is 1. The SMILES string of the molecule is CCCC(NC(C)C(=O)N(C)Cc1ccc2cc(OC)ccc2c1)C(=O)O.Cl. The molecule has 0 aliphatic heterocycles. The summed E-state index contributed by atoms with van der Waals surface area (Å²) < 4.78 is 5.24. The standard InChI is InChI=1S/C21H28N2O4.ClH/c1-5-6-19(21(25)26)22-14(2)20(24)23(3)13-15-7-8-17-12-18(27-4)10-9-16(17)11-15;/h7-12,14,19,22H,5-6,13H2,1-4H3,(H,25,26);1H. The Kier molecular flexibility index (Phi) is 9.22. The Hall–Kier alpha value is -2.31. The van der Waals surface area contributed by atoms with E-state index in [-0.39, 0.29) is 18.3 Å². The highest BCUT2D eigenvalue weighted by molar-refractivity contribution is 5.86. The van der Waals surface area contributed by atoms with Crippen molar-refractivity contribution in [3.8, 4) is 5.75 Å².